The van der Waals surface area contributed by atoms with E-state index in [1.54, 1.807) is 11.8 Å². The quantitative estimate of drug-likeness (QED) is 0.590. The first-order valence-electron chi connectivity index (χ1n) is 13.5. The molecule has 190 valence electrons. The van der Waals surface area contributed by atoms with Crippen molar-refractivity contribution in [2.75, 3.05) is 12.0 Å². The molecule has 0 saturated heterocycles. The number of carbonyl (C=O) groups is 2. The van der Waals surface area contributed by atoms with Crippen LogP contribution in [0.25, 0.3) is 11.0 Å². The van der Waals surface area contributed by atoms with Crippen LogP contribution in [0.2, 0.25) is 0 Å². The van der Waals surface area contributed by atoms with Crippen molar-refractivity contribution in [1.29, 1.82) is 0 Å². The number of carbonyl (C=O) groups excluding carboxylic acids is 2. The number of hydrogen-bond acceptors (Lipinski definition) is 5. The van der Waals surface area contributed by atoms with Gasteiger partial charge in [0.15, 0.2) is 0 Å². The Morgan fingerprint density at radius 3 is 2.57 bits per heavy atom. The minimum atomic E-state index is -0.615. The molecule has 3 aliphatic rings. The second-order valence-electron chi connectivity index (χ2n) is 11.0. The number of imidazole rings is 1. The Hall–Kier alpha value is -2.41. The molecule has 35 heavy (non-hydrogen) atoms. The maximum Gasteiger partial charge on any atom is 0.414 e. The van der Waals surface area contributed by atoms with Crippen LogP contribution in [-0.2, 0) is 16.0 Å². The summed E-state index contributed by atoms with van der Waals surface area (Å²) in [5, 5.41) is 11.6. The van der Waals surface area contributed by atoms with E-state index in [4.69, 9.17) is 9.72 Å². The van der Waals surface area contributed by atoms with Crippen LogP contribution >= 0.6 is 0 Å². The minimum absolute atomic E-state index is 0.0523. The molecule has 4 atom stereocenters. The number of hydrogen-bond donors (Lipinski definition) is 1. The molecule has 1 amide bonds. The van der Waals surface area contributed by atoms with Gasteiger partial charge in [0.05, 0.1) is 23.8 Å². The number of benzene rings is 1. The normalized spacial score (nSPS) is 26.4. The zero-order valence-electron chi connectivity index (χ0n) is 21.3. The first-order chi connectivity index (χ1) is 16.9. The number of methoxy groups -OCH3 is 1. The number of aryl methyl sites for hydroxylation is 1. The number of nitrogens with zero attached hydrogens (tertiary/aromatic N) is 3. The fourth-order valence-electron chi connectivity index (χ4n) is 6.81. The second kappa shape index (κ2) is 9.92. The molecule has 5 rings (SSSR count). The van der Waals surface area contributed by atoms with Crippen molar-refractivity contribution in [3.05, 3.63) is 23.5 Å². The average molecular weight is 482 g/mol. The standard InChI is InChI=1S/C28H39N3O4/c1-17-12-13-22-23(30(17)28(34)35-3)14-15-24-25(22)29-27(26(33)19-8-5-4-6-9-19)31(24)21-11-7-10-20(16-21)18(2)32/h14-15,17,19-21,26,33H,4-13,16H2,1-3H3/t17-,20+,21+,26-/m0/s1. The molecule has 1 aliphatic heterocycles. The SMILES string of the molecule is COC(=O)N1c2ccc3c(nc([C@@H](O)C4CCCCC4)n3[C@@H]3CCC[C@@H](C(C)=O)C3)c2CC[C@@H]1C. The monoisotopic (exact) mass is 481 g/mol. The predicted molar refractivity (Wildman–Crippen MR) is 136 cm³/mol. The molecule has 0 unspecified atom stereocenters. The molecule has 0 radical (unpaired) electrons. The maximum absolute atomic E-state index is 12.6. The fourth-order valence-corrected chi connectivity index (χ4v) is 6.81. The fraction of sp³-hybridized carbons (Fsp3) is 0.679. The van der Waals surface area contributed by atoms with Crippen LogP contribution < -0.4 is 4.90 Å². The van der Waals surface area contributed by atoms with Crippen LogP contribution in [-0.4, -0.2) is 39.7 Å². The number of aromatic nitrogens is 2. The summed E-state index contributed by atoms with van der Waals surface area (Å²) in [5.41, 5.74) is 3.82. The summed E-state index contributed by atoms with van der Waals surface area (Å²) in [4.78, 5) is 31.8. The van der Waals surface area contributed by atoms with Crippen LogP contribution in [0.15, 0.2) is 12.1 Å². The van der Waals surface area contributed by atoms with Gasteiger partial charge in [0.2, 0.25) is 0 Å². The van der Waals surface area contributed by atoms with Crippen molar-refractivity contribution >= 4 is 28.6 Å². The third-order valence-corrected chi connectivity index (χ3v) is 8.80. The van der Waals surface area contributed by atoms with E-state index in [0.29, 0.717) is 0 Å². The Morgan fingerprint density at radius 2 is 1.86 bits per heavy atom. The van der Waals surface area contributed by atoms with Crippen LogP contribution in [0, 0.1) is 11.8 Å². The van der Waals surface area contributed by atoms with Gasteiger partial charge < -0.3 is 14.4 Å². The first kappa shape index (κ1) is 24.3. The summed E-state index contributed by atoms with van der Waals surface area (Å²) < 4.78 is 7.36. The van der Waals surface area contributed by atoms with E-state index in [1.165, 1.54) is 13.5 Å². The number of Topliss-reactive ketones (excluding diaryl/α,β-unsaturated/α-hetero) is 1. The topological polar surface area (TPSA) is 84.7 Å². The smallest absolute Gasteiger partial charge is 0.414 e. The maximum atomic E-state index is 12.6. The third kappa shape index (κ3) is 4.37. The number of aliphatic hydroxyl groups excluding tert-OH is 1. The molecule has 1 N–H and O–H groups in total. The van der Waals surface area contributed by atoms with Crippen LogP contribution in [0.4, 0.5) is 10.5 Å². The van der Waals surface area contributed by atoms with Gasteiger partial charge in [-0.3, -0.25) is 9.69 Å². The predicted octanol–water partition coefficient (Wildman–Crippen LogP) is 5.88. The van der Waals surface area contributed by atoms with E-state index in [1.807, 2.05) is 13.0 Å². The van der Waals surface area contributed by atoms with Gasteiger partial charge in [0, 0.05) is 23.6 Å². The number of amides is 1. The zero-order chi connectivity index (χ0) is 24.7. The molecule has 2 aromatic rings. The van der Waals surface area contributed by atoms with Gasteiger partial charge in [0.1, 0.15) is 17.7 Å². The van der Waals surface area contributed by atoms with E-state index in [2.05, 4.69) is 10.6 Å². The first-order valence-corrected chi connectivity index (χ1v) is 13.5. The molecule has 2 aliphatic carbocycles. The van der Waals surface area contributed by atoms with Crippen molar-refractivity contribution in [2.45, 2.75) is 103 Å². The Labute approximate surface area is 207 Å². The summed E-state index contributed by atoms with van der Waals surface area (Å²) in [6, 6.07) is 4.28. The van der Waals surface area contributed by atoms with Crippen molar-refractivity contribution < 1.29 is 19.4 Å². The summed E-state index contributed by atoms with van der Waals surface area (Å²) >= 11 is 0. The van der Waals surface area contributed by atoms with Gasteiger partial charge in [0.25, 0.3) is 0 Å². The Balaban J connectivity index is 1.64. The van der Waals surface area contributed by atoms with Crippen LogP contribution in [0.1, 0.15) is 102 Å². The van der Waals surface area contributed by atoms with Gasteiger partial charge >= 0.3 is 6.09 Å². The lowest BCUT2D eigenvalue weighted by atomic mass is 9.82. The summed E-state index contributed by atoms with van der Waals surface area (Å²) in [6.07, 6.45) is 10.0. The molecule has 0 spiro atoms. The van der Waals surface area contributed by atoms with E-state index in [-0.39, 0.29) is 35.8 Å². The van der Waals surface area contributed by atoms with Crippen LogP contribution in [0.5, 0.6) is 0 Å². The van der Waals surface area contributed by atoms with E-state index < -0.39 is 6.10 Å². The Kier molecular flexibility index (Phi) is 6.88. The molecule has 2 fully saturated rings. The Bertz CT molecular complexity index is 1100. The second-order valence-corrected chi connectivity index (χ2v) is 11.0. The minimum Gasteiger partial charge on any atom is -0.452 e. The summed E-state index contributed by atoms with van der Waals surface area (Å²) in [6.45, 7) is 3.75. The third-order valence-electron chi connectivity index (χ3n) is 8.80. The number of ether oxygens (including phenoxy) is 1. The van der Waals surface area contributed by atoms with Crippen molar-refractivity contribution in [3.8, 4) is 0 Å². The molecule has 7 heteroatoms. The summed E-state index contributed by atoms with van der Waals surface area (Å²) in [7, 11) is 1.42. The van der Waals surface area contributed by atoms with Gasteiger partial charge in [-0.15, -0.1) is 0 Å². The van der Waals surface area contributed by atoms with Crippen molar-refractivity contribution in [3.63, 3.8) is 0 Å². The van der Waals surface area contributed by atoms with Gasteiger partial charge in [-0.1, -0.05) is 25.7 Å². The Morgan fingerprint density at radius 1 is 1.09 bits per heavy atom. The van der Waals surface area contributed by atoms with E-state index in [0.717, 1.165) is 92.3 Å². The highest BCUT2D eigenvalue weighted by atomic mass is 16.5. The largest absolute Gasteiger partial charge is 0.452 e. The van der Waals surface area contributed by atoms with Crippen molar-refractivity contribution in [1.82, 2.24) is 9.55 Å². The number of ketones is 1. The summed E-state index contributed by atoms with van der Waals surface area (Å²) in [5.74, 6) is 1.29. The van der Waals surface area contributed by atoms with Crippen molar-refractivity contribution in [2.24, 2.45) is 11.8 Å². The van der Waals surface area contributed by atoms with Gasteiger partial charge in [-0.2, -0.15) is 0 Å². The highest BCUT2D eigenvalue weighted by molar-refractivity contribution is 5.95. The van der Waals surface area contributed by atoms with Gasteiger partial charge in [-0.25, -0.2) is 9.78 Å². The molecule has 7 nitrogen and oxygen atoms in total. The zero-order valence-corrected chi connectivity index (χ0v) is 21.3. The molecule has 0 bridgehead atoms. The lowest BCUT2D eigenvalue weighted by Gasteiger charge is -2.34. The molecule has 2 heterocycles. The molecule has 1 aromatic carbocycles. The number of fused-ring (bicyclic) bond motifs is 3. The van der Waals surface area contributed by atoms with Gasteiger partial charge in [-0.05, 0) is 76.8 Å². The lowest BCUT2D eigenvalue weighted by molar-refractivity contribution is -0.122. The average Bonchev–Trinajstić information content (AvgIpc) is 3.28. The number of rotatable bonds is 4. The number of anilines is 1. The number of aliphatic hydroxyl groups is 1. The highest BCUT2D eigenvalue weighted by Gasteiger charge is 2.36. The van der Waals surface area contributed by atoms with E-state index >= 15 is 0 Å². The molecule has 1 aromatic heterocycles. The molecular formula is C28H39N3O4. The molecular weight excluding hydrogens is 442 g/mol. The highest BCUT2D eigenvalue weighted by Crippen LogP contribution is 2.43. The molecule has 2 saturated carbocycles. The van der Waals surface area contributed by atoms with E-state index in [9.17, 15) is 14.7 Å². The van der Waals surface area contributed by atoms with Crippen LogP contribution in [0.3, 0.4) is 0 Å². The lowest BCUT2D eigenvalue weighted by Crippen LogP contribution is -2.42.